The van der Waals surface area contributed by atoms with Gasteiger partial charge in [-0.15, -0.1) is 0 Å². The van der Waals surface area contributed by atoms with Crippen LogP contribution in [-0.2, 0) is 0 Å². The lowest BCUT2D eigenvalue weighted by atomic mass is 9.95. The molecule has 3 N–H and O–H groups in total. The van der Waals surface area contributed by atoms with Gasteiger partial charge in [-0.2, -0.15) is 0 Å². The fourth-order valence-electron chi connectivity index (χ4n) is 3.73. The van der Waals surface area contributed by atoms with Gasteiger partial charge in [0.2, 0.25) is 0 Å². The van der Waals surface area contributed by atoms with Crippen molar-refractivity contribution in [2.75, 3.05) is 11.9 Å². The van der Waals surface area contributed by atoms with Crippen molar-refractivity contribution in [3.63, 3.8) is 0 Å². The number of aromatic nitrogens is 2. The van der Waals surface area contributed by atoms with Crippen molar-refractivity contribution in [2.45, 2.75) is 19.9 Å². The summed E-state index contributed by atoms with van der Waals surface area (Å²) in [5, 5.41) is 3.49. The number of nitrogens with zero attached hydrogens (tertiary/aromatic N) is 2. The number of rotatable bonds is 7. The fourth-order valence-corrected chi connectivity index (χ4v) is 3.73. The average Bonchev–Trinajstić information content (AvgIpc) is 2.83. The van der Waals surface area contributed by atoms with Crippen molar-refractivity contribution in [2.24, 2.45) is 11.7 Å². The topological polar surface area (TPSA) is 63.8 Å². The Morgan fingerprint density at radius 3 is 2.39 bits per heavy atom. The van der Waals surface area contributed by atoms with Crippen LogP contribution in [0.25, 0.3) is 22.4 Å². The molecule has 2 heterocycles. The van der Waals surface area contributed by atoms with Gasteiger partial charge in [0.1, 0.15) is 5.82 Å². The maximum absolute atomic E-state index is 6.47. The van der Waals surface area contributed by atoms with E-state index in [4.69, 9.17) is 10.7 Å². The van der Waals surface area contributed by atoms with Gasteiger partial charge in [-0.25, -0.2) is 4.98 Å². The zero-order valence-corrected chi connectivity index (χ0v) is 18.0. The molecule has 31 heavy (non-hydrogen) atoms. The predicted octanol–water partition coefficient (Wildman–Crippen LogP) is 5.87. The molecule has 156 valence electrons. The van der Waals surface area contributed by atoms with Gasteiger partial charge in [-0.3, -0.25) is 4.98 Å². The van der Waals surface area contributed by atoms with Gasteiger partial charge in [0.25, 0.3) is 0 Å². The summed E-state index contributed by atoms with van der Waals surface area (Å²) in [6, 6.07) is 26.9. The van der Waals surface area contributed by atoms with Crippen molar-refractivity contribution in [3.05, 3.63) is 102 Å². The van der Waals surface area contributed by atoms with Crippen LogP contribution in [0.5, 0.6) is 0 Å². The minimum Gasteiger partial charge on any atom is -0.370 e. The van der Waals surface area contributed by atoms with E-state index in [2.05, 4.69) is 66.6 Å². The van der Waals surface area contributed by atoms with E-state index < -0.39 is 0 Å². The Balaban J connectivity index is 1.59. The van der Waals surface area contributed by atoms with Gasteiger partial charge in [-0.1, -0.05) is 67.1 Å². The quantitative estimate of drug-likeness (QED) is 0.402. The third kappa shape index (κ3) is 4.98. The number of hydrogen-bond acceptors (Lipinski definition) is 4. The maximum atomic E-state index is 6.47. The van der Waals surface area contributed by atoms with E-state index in [0.29, 0.717) is 0 Å². The molecule has 0 fully saturated rings. The number of nitrogens with two attached hydrogens (primary N) is 1. The Bertz CT molecular complexity index is 1130. The van der Waals surface area contributed by atoms with E-state index in [1.165, 1.54) is 5.56 Å². The summed E-state index contributed by atoms with van der Waals surface area (Å²) in [6.07, 6.45) is 3.61. The molecule has 2 aromatic heterocycles. The van der Waals surface area contributed by atoms with Gasteiger partial charge in [0.05, 0.1) is 5.69 Å². The SMILES string of the molecule is Cc1cccc(-c2ccc(NCC(C)C(N)c3ccccc3)nc2-c2ccncc2)c1. The lowest BCUT2D eigenvalue weighted by molar-refractivity contribution is 0.493. The number of pyridine rings is 2. The predicted molar refractivity (Wildman–Crippen MR) is 129 cm³/mol. The highest BCUT2D eigenvalue weighted by atomic mass is 15.0. The molecule has 0 bridgehead atoms. The van der Waals surface area contributed by atoms with E-state index >= 15 is 0 Å². The highest BCUT2D eigenvalue weighted by Gasteiger charge is 2.16. The fraction of sp³-hybridized carbons (Fsp3) is 0.185. The third-order valence-electron chi connectivity index (χ3n) is 5.58. The van der Waals surface area contributed by atoms with Crippen LogP contribution in [0.4, 0.5) is 5.82 Å². The first-order chi connectivity index (χ1) is 15.1. The molecule has 2 unspecified atom stereocenters. The second-order valence-corrected chi connectivity index (χ2v) is 7.99. The van der Waals surface area contributed by atoms with Gasteiger partial charge >= 0.3 is 0 Å². The molecule has 0 saturated heterocycles. The Labute approximate surface area is 184 Å². The van der Waals surface area contributed by atoms with Gasteiger partial charge in [0.15, 0.2) is 0 Å². The van der Waals surface area contributed by atoms with Gasteiger partial charge in [0, 0.05) is 36.1 Å². The summed E-state index contributed by atoms with van der Waals surface area (Å²) in [6.45, 7) is 5.01. The number of benzene rings is 2. The van der Waals surface area contributed by atoms with Crippen LogP contribution in [-0.4, -0.2) is 16.5 Å². The summed E-state index contributed by atoms with van der Waals surface area (Å²) >= 11 is 0. The van der Waals surface area contributed by atoms with Crippen molar-refractivity contribution in [3.8, 4) is 22.4 Å². The standard InChI is InChI=1S/C27H28N4/c1-19-7-6-10-23(17-19)24-11-12-25(31-27(24)22-13-15-29-16-14-22)30-18-20(2)26(28)21-8-4-3-5-9-21/h3-17,20,26H,18,28H2,1-2H3,(H,30,31). The minimum absolute atomic E-state index is 0.0278. The molecule has 4 nitrogen and oxygen atoms in total. The molecule has 4 rings (SSSR count). The Morgan fingerprint density at radius 1 is 0.871 bits per heavy atom. The number of aryl methyl sites for hydroxylation is 1. The van der Waals surface area contributed by atoms with Crippen LogP contribution in [0.15, 0.2) is 91.3 Å². The smallest absolute Gasteiger partial charge is 0.126 e. The van der Waals surface area contributed by atoms with E-state index in [9.17, 15) is 0 Å². The normalized spacial score (nSPS) is 12.9. The van der Waals surface area contributed by atoms with Crippen molar-refractivity contribution >= 4 is 5.82 Å². The first-order valence-electron chi connectivity index (χ1n) is 10.6. The second kappa shape index (κ2) is 9.54. The molecule has 4 aromatic rings. The van der Waals surface area contributed by atoms with Crippen LogP contribution in [0.1, 0.15) is 24.1 Å². The van der Waals surface area contributed by atoms with Crippen molar-refractivity contribution in [1.82, 2.24) is 9.97 Å². The summed E-state index contributed by atoms with van der Waals surface area (Å²) in [5.74, 6) is 1.10. The molecule has 0 aliphatic rings. The minimum atomic E-state index is -0.0278. The molecule has 0 amide bonds. The van der Waals surface area contributed by atoms with Crippen LogP contribution < -0.4 is 11.1 Å². The molecule has 0 radical (unpaired) electrons. The van der Waals surface area contributed by atoms with Crippen molar-refractivity contribution < 1.29 is 0 Å². The van der Waals surface area contributed by atoms with E-state index in [-0.39, 0.29) is 12.0 Å². The van der Waals surface area contributed by atoms with Gasteiger partial charge in [-0.05, 0) is 48.2 Å². The number of hydrogen-bond donors (Lipinski definition) is 2. The molecule has 2 atom stereocenters. The summed E-state index contributed by atoms with van der Waals surface area (Å²) in [4.78, 5) is 9.13. The molecule has 2 aromatic carbocycles. The Morgan fingerprint density at radius 2 is 1.65 bits per heavy atom. The lowest BCUT2D eigenvalue weighted by Gasteiger charge is -2.21. The lowest BCUT2D eigenvalue weighted by Crippen LogP contribution is -2.25. The number of anilines is 1. The third-order valence-corrected chi connectivity index (χ3v) is 5.58. The monoisotopic (exact) mass is 408 g/mol. The largest absolute Gasteiger partial charge is 0.370 e. The Kier molecular flexibility index (Phi) is 6.39. The zero-order valence-electron chi connectivity index (χ0n) is 18.0. The maximum Gasteiger partial charge on any atom is 0.126 e. The summed E-state index contributed by atoms with van der Waals surface area (Å²) in [7, 11) is 0. The van der Waals surface area contributed by atoms with E-state index in [1.54, 1.807) is 12.4 Å². The zero-order chi connectivity index (χ0) is 21.6. The number of nitrogens with one attached hydrogen (secondary N) is 1. The van der Waals surface area contributed by atoms with Gasteiger partial charge < -0.3 is 11.1 Å². The van der Waals surface area contributed by atoms with E-state index in [0.717, 1.165) is 40.3 Å². The summed E-state index contributed by atoms with van der Waals surface area (Å²) in [5.41, 5.74) is 13.1. The van der Waals surface area contributed by atoms with Crippen molar-refractivity contribution in [1.29, 1.82) is 0 Å². The molecule has 0 aliphatic carbocycles. The second-order valence-electron chi connectivity index (χ2n) is 7.99. The van der Waals surface area contributed by atoms with Crippen LogP contribution >= 0.6 is 0 Å². The summed E-state index contributed by atoms with van der Waals surface area (Å²) < 4.78 is 0. The van der Waals surface area contributed by atoms with Crippen LogP contribution in [0.3, 0.4) is 0 Å². The first-order valence-corrected chi connectivity index (χ1v) is 10.6. The highest BCUT2D eigenvalue weighted by Crippen LogP contribution is 2.32. The molecule has 0 aliphatic heterocycles. The Hall–Kier alpha value is -3.50. The van der Waals surface area contributed by atoms with Crippen LogP contribution in [0, 0.1) is 12.8 Å². The highest BCUT2D eigenvalue weighted by molar-refractivity contribution is 5.82. The van der Waals surface area contributed by atoms with Crippen LogP contribution in [0.2, 0.25) is 0 Å². The van der Waals surface area contributed by atoms with E-state index in [1.807, 2.05) is 36.4 Å². The molecule has 0 saturated carbocycles. The first kappa shape index (κ1) is 20.8. The molecule has 0 spiro atoms. The average molecular weight is 409 g/mol. The molecular weight excluding hydrogens is 380 g/mol. The molecular formula is C27H28N4. The molecule has 4 heteroatoms.